The number of aromatic amines is 1. The third-order valence-electron chi connectivity index (χ3n) is 4.01. The van der Waals surface area contributed by atoms with Gasteiger partial charge in [-0.1, -0.05) is 28.1 Å². The Hall–Kier alpha value is -1.66. The van der Waals surface area contributed by atoms with E-state index in [1.165, 1.54) is 0 Å². The SMILES string of the molecule is O=C(O)C1CCCN(Cc2ncc(-c3ccc(Br)cc3)[nH]2)C1. The van der Waals surface area contributed by atoms with Crippen molar-refractivity contribution in [2.45, 2.75) is 19.4 Å². The third kappa shape index (κ3) is 3.56. The van der Waals surface area contributed by atoms with Crippen molar-refractivity contribution >= 4 is 21.9 Å². The van der Waals surface area contributed by atoms with Crippen molar-refractivity contribution in [2.24, 2.45) is 5.92 Å². The highest BCUT2D eigenvalue weighted by Crippen LogP contribution is 2.22. The minimum atomic E-state index is -0.695. The third-order valence-corrected chi connectivity index (χ3v) is 4.54. The number of piperidine rings is 1. The van der Waals surface area contributed by atoms with Crippen molar-refractivity contribution in [2.75, 3.05) is 13.1 Å². The smallest absolute Gasteiger partial charge is 0.307 e. The summed E-state index contributed by atoms with van der Waals surface area (Å²) in [6.07, 6.45) is 3.53. The lowest BCUT2D eigenvalue weighted by atomic mass is 9.98. The molecule has 1 atom stereocenters. The molecular formula is C16H18BrN3O2. The van der Waals surface area contributed by atoms with Gasteiger partial charge in [0.15, 0.2) is 0 Å². The van der Waals surface area contributed by atoms with Gasteiger partial charge >= 0.3 is 5.97 Å². The van der Waals surface area contributed by atoms with E-state index in [1.807, 2.05) is 30.5 Å². The number of benzene rings is 1. The number of hydrogen-bond donors (Lipinski definition) is 2. The molecule has 1 aromatic carbocycles. The van der Waals surface area contributed by atoms with E-state index >= 15 is 0 Å². The summed E-state index contributed by atoms with van der Waals surface area (Å²) in [5, 5.41) is 9.14. The van der Waals surface area contributed by atoms with Gasteiger partial charge in [0.2, 0.25) is 0 Å². The van der Waals surface area contributed by atoms with Crippen molar-refractivity contribution < 1.29 is 9.90 Å². The first kappa shape index (κ1) is 15.2. The largest absolute Gasteiger partial charge is 0.481 e. The summed E-state index contributed by atoms with van der Waals surface area (Å²) in [5.74, 6) is -0.0710. The van der Waals surface area contributed by atoms with Crippen LogP contribution < -0.4 is 0 Å². The number of nitrogens with zero attached hydrogens (tertiary/aromatic N) is 2. The first-order valence-corrected chi connectivity index (χ1v) is 8.16. The van der Waals surface area contributed by atoms with Gasteiger partial charge in [-0.05, 0) is 37.1 Å². The van der Waals surface area contributed by atoms with Gasteiger partial charge in [0.05, 0.1) is 24.4 Å². The van der Waals surface area contributed by atoms with E-state index in [2.05, 4.69) is 30.8 Å². The maximum atomic E-state index is 11.1. The summed E-state index contributed by atoms with van der Waals surface area (Å²) in [7, 11) is 0. The number of imidazole rings is 1. The van der Waals surface area contributed by atoms with Gasteiger partial charge in [0.25, 0.3) is 0 Å². The normalized spacial score (nSPS) is 19.2. The predicted molar refractivity (Wildman–Crippen MR) is 87.4 cm³/mol. The Balaban J connectivity index is 1.66. The van der Waals surface area contributed by atoms with E-state index in [9.17, 15) is 4.79 Å². The summed E-state index contributed by atoms with van der Waals surface area (Å²) in [6.45, 7) is 2.20. The number of H-pyrrole nitrogens is 1. The Morgan fingerprint density at radius 2 is 2.18 bits per heavy atom. The lowest BCUT2D eigenvalue weighted by molar-refractivity contribution is -0.143. The lowest BCUT2D eigenvalue weighted by Gasteiger charge is -2.29. The molecule has 0 radical (unpaired) electrons. The van der Waals surface area contributed by atoms with Gasteiger partial charge in [0.1, 0.15) is 5.82 Å². The second kappa shape index (κ2) is 6.62. The highest BCUT2D eigenvalue weighted by Gasteiger charge is 2.25. The fourth-order valence-electron chi connectivity index (χ4n) is 2.83. The van der Waals surface area contributed by atoms with Gasteiger partial charge in [-0.3, -0.25) is 9.69 Å². The number of nitrogens with one attached hydrogen (secondary N) is 1. The van der Waals surface area contributed by atoms with Gasteiger partial charge in [-0.2, -0.15) is 0 Å². The summed E-state index contributed by atoms with van der Waals surface area (Å²) in [5.41, 5.74) is 2.07. The van der Waals surface area contributed by atoms with Crippen LogP contribution in [0.2, 0.25) is 0 Å². The molecule has 1 saturated heterocycles. The number of carboxylic acids is 1. The number of carboxylic acid groups (broad SMARTS) is 1. The monoisotopic (exact) mass is 363 g/mol. The number of aliphatic carboxylic acids is 1. The summed E-state index contributed by atoms with van der Waals surface area (Å²) >= 11 is 3.43. The van der Waals surface area contributed by atoms with Crippen LogP contribution in [0, 0.1) is 5.92 Å². The first-order chi connectivity index (χ1) is 10.6. The summed E-state index contributed by atoms with van der Waals surface area (Å²) < 4.78 is 1.05. The fourth-order valence-corrected chi connectivity index (χ4v) is 3.10. The van der Waals surface area contributed by atoms with Gasteiger partial charge in [-0.25, -0.2) is 4.98 Å². The van der Waals surface area contributed by atoms with Crippen LogP contribution in [0.4, 0.5) is 0 Å². The van der Waals surface area contributed by atoms with Gasteiger partial charge in [0, 0.05) is 11.0 Å². The molecule has 116 valence electrons. The van der Waals surface area contributed by atoms with Crippen molar-refractivity contribution in [3.05, 3.63) is 40.8 Å². The number of halogens is 1. The molecule has 0 amide bonds. The van der Waals surface area contributed by atoms with E-state index < -0.39 is 5.97 Å². The van der Waals surface area contributed by atoms with Crippen LogP contribution in [0.3, 0.4) is 0 Å². The van der Waals surface area contributed by atoms with Crippen molar-refractivity contribution in [1.29, 1.82) is 0 Å². The number of aromatic nitrogens is 2. The van der Waals surface area contributed by atoms with Crippen LogP contribution in [0.1, 0.15) is 18.7 Å². The fraction of sp³-hybridized carbons (Fsp3) is 0.375. The van der Waals surface area contributed by atoms with E-state index in [1.54, 1.807) is 0 Å². The molecule has 5 nitrogen and oxygen atoms in total. The number of hydrogen-bond acceptors (Lipinski definition) is 3. The van der Waals surface area contributed by atoms with Crippen molar-refractivity contribution in [3.8, 4) is 11.3 Å². The highest BCUT2D eigenvalue weighted by molar-refractivity contribution is 9.10. The van der Waals surface area contributed by atoms with Crippen LogP contribution in [0.25, 0.3) is 11.3 Å². The number of carbonyl (C=O) groups is 1. The first-order valence-electron chi connectivity index (χ1n) is 7.37. The molecule has 0 spiro atoms. The molecule has 1 aromatic heterocycles. The molecule has 1 unspecified atom stereocenters. The molecule has 0 bridgehead atoms. The van der Waals surface area contributed by atoms with Crippen molar-refractivity contribution in [1.82, 2.24) is 14.9 Å². The molecule has 3 rings (SSSR count). The average molecular weight is 364 g/mol. The maximum absolute atomic E-state index is 11.1. The Morgan fingerprint density at radius 3 is 2.91 bits per heavy atom. The average Bonchev–Trinajstić information content (AvgIpc) is 2.96. The zero-order valence-electron chi connectivity index (χ0n) is 12.1. The molecule has 1 fully saturated rings. The highest BCUT2D eigenvalue weighted by atomic mass is 79.9. The minimum Gasteiger partial charge on any atom is -0.481 e. The molecular weight excluding hydrogens is 346 g/mol. The van der Waals surface area contributed by atoms with Crippen molar-refractivity contribution in [3.63, 3.8) is 0 Å². The Bertz CT molecular complexity index is 654. The van der Waals surface area contributed by atoms with E-state index in [0.29, 0.717) is 13.1 Å². The van der Waals surface area contributed by atoms with Crippen LogP contribution in [0.5, 0.6) is 0 Å². The second-order valence-corrected chi connectivity index (χ2v) is 6.58. The molecule has 22 heavy (non-hydrogen) atoms. The Kier molecular flexibility index (Phi) is 4.59. The minimum absolute atomic E-state index is 0.255. The molecule has 0 saturated carbocycles. The molecule has 1 aliphatic rings. The van der Waals surface area contributed by atoms with Crippen LogP contribution in [-0.2, 0) is 11.3 Å². The Labute approximate surface area is 137 Å². The number of rotatable bonds is 4. The molecule has 1 aliphatic heterocycles. The van der Waals surface area contributed by atoms with Gasteiger partial charge in [-0.15, -0.1) is 0 Å². The van der Waals surface area contributed by atoms with E-state index in [0.717, 1.165) is 40.9 Å². The zero-order chi connectivity index (χ0) is 15.5. The number of likely N-dealkylation sites (tertiary alicyclic amines) is 1. The standard InChI is InChI=1S/C16H18BrN3O2/c17-13-5-3-11(4-6-13)14-8-18-15(19-14)10-20-7-1-2-12(9-20)16(21)22/h3-6,8,12H,1-2,7,9-10H2,(H,18,19)(H,21,22). The quantitative estimate of drug-likeness (QED) is 0.875. The summed E-state index contributed by atoms with van der Waals surface area (Å²) in [6, 6.07) is 8.06. The molecule has 6 heteroatoms. The van der Waals surface area contributed by atoms with E-state index in [-0.39, 0.29) is 5.92 Å². The van der Waals surface area contributed by atoms with Crippen LogP contribution in [-0.4, -0.2) is 39.0 Å². The lowest BCUT2D eigenvalue weighted by Crippen LogP contribution is -2.38. The summed E-state index contributed by atoms with van der Waals surface area (Å²) in [4.78, 5) is 21.0. The van der Waals surface area contributed by atoms with Crippen LogP contribution >= 0.6 is 15.9 Å². The zero-order valence-corrected chi connectivity index (χ0v) is 13.7. The maximum Gasteiger partial charge on any atom is 0.307 e. The second-order valence-electron chi connectivity index (χ2n) is 5.66. The Morgan fingerprint density at radius 1 is 1.41 bits per heavy atom. The van der Waals surface area contributed by atoms with Crippen LogP contribution in [0.15, 0.2) is 34.9 Å². The topological polar surface area (TPSA) is 69.2 Å². The molecule has 2 heterocycles. The molecule has 2 N–H and O–H groups in total. The molecule has 0 aliphatic carbocycles. The van der Waals surface area contributed by atoms with E-state index in [4.69, 9.17) is 5.11 Å². The van der Waals surface area contributed by atoms with Gasteiger partial charge < -0.3 is 10.1 Å². The predicted octanol–water partition coefficient (Wildman–Crippen LogP) is 3.14. The molecule has 2 aromatic rings.